The third-order valence-corrected chi connectivity index (χ3v) is 6.00. The van der Waals surface area contributed by atoms with Crippen LogP contribution in [0.5, 0.6) is 0 Å². The van der Waals surface area contributed by atoms with Crippen LogP contribution in [0.15, 0.2) is 57.5 Å². The molecule has 3 rings (SSSR count). The van der Waals surface area contributed by atoms with E-state index in [2.05, 4.69) is 10.3 Å². The van der Waals surface area contributed by atoms with Crippen molar-refractivity contribution in [3.8, 4) is 0 Å². The number of aryl methyl sites for hydroxylation is 1. The lowest BCUT2D eigenvalue weighted by atomic mass is 10.2. The number of rotatable bonds is 6. The smallest absolute Gasteiger partial charge is 0.391 e. The molecule has 1 heterocycles. The lowest BCUT2D eigenvalue weighted by Crippen LogP contribution is -2.09. The van der Waals surface area contributed by atoms with E-state index >= 15 is 0 Å². The molecule has 11 heteroatoms. The van der Waals surface area contributed by atoms with E-state index in [9.17, 15) is 13.2 Å². The van der Waals surface area contributed by atoms with Gasteiger partial charge in [0.2, 0.25) is 0 Å². The molecule has 0 N–H and O–H groups in total. The Kier molecular flexibility index (Phi) is 7.23. The van der Waals surface area contributed by atoms with Gasteiger partial charge in [-0.25, -0.2) is 0 Å². The number of hydrogen-bond donors (Lipinski definition) is 0. The summed E-state index contributed by atoms with van der Waals surface area (Å²) in [4.78, 5) is 5.84. The second-order valence-electron chi connectivity index (χ2n) is 5.95. The Bertz CT molecular complexity index is 1050. The Balaban J connectivity index is 1.87. The summed E-state index contributed by atoms with van der Waals surface area (Å²) in [6.07, 6.45) is -3.68. The van der Waals surface area contributed by atoms with Crippen LogP contribution in [0.3, 0.4) is 0 Å². The van der Waals surface area contributed by atoms with E-state index in [4.69, 9.17) is 39.6 Å². The highest BCUT2D eigenvalue weighted by Gasteiger charge is 2.38. The van der Waals surface area contributed by atoms with Crippen molar-refractivity contribution in [3.63, 3.8) is 0 Å². The number of oxime groups is 1. The van der Waals surface area contributed by atoms with Crippen LogP contribution in [-0.2, 0) is 24.7 Å². The molecule has 0 aliphatic carbocycles. The summed E-state index contributed by atoms with van der Waals surface area (Å²) in [5, 5.41) is 8.81. The molecule has 0 saturated heterocycles. The number of alkyl halides is 3. The van der Waals surface area contributed by atoms with Crippen LogP contribution in [0.25, 0.3) is 0 Å². The van der Waals surface area contributed by atoms with Gasteiger partial charge in [-0.15, -0.1) is 0 Å². The molecule has 30 heavy (non-hydrogen) atoms. The minimum atomic E-state index is -4.66. The van der Waals surface area contributed by atoms with Gasteiger partial charge in [-0.2, -0.15) is 18.3 Å². The Labute approximate surface area is 189 Å². The fraction of sp³-hybridized carbons (Fsp3) is 0.158. The summed E-state index contributed by atoms with van der Waals surface area (Å²) in [5.41, 5.74) is -0.796. The fourth-order valence-electron chi connectivity index (χ4n) is 2.45. The van der Waals surface area contributed by atoms with Crippen molar-refractivity contribution in [3.05, 3.63) is 74.4 Å². The third kappa shape index (κ3) is 5.43. The predicted molar refractivity (Wildman–Crippen MR) is 113 cm³/mol. The zero-order valence-electron chi connectivity index (χ0n) is 15.3. The van der Waals surface area contributed by atoms with Crippen molar-refractivity contribution in [2.24, 2.45) is 12.2 Å². The van der Waals surface area contributed by atoms with Crippen LogP contribution in [0.2, 0.25) is 15.1 Å². The van der Waals surface area contributed by atoms with Crippen LogP contribution >= 0.6 is 46.6 Å². The highest BCUT2D eigenvalue weighted by molar-refractivity contribution is 7.99. The van der Waals surface area contributed by atoms with E-state index in [0.717, 1.165) is 22.7 Å². The van der Waals surface area contributed by atoms with Gasteiger partial charge in [0.25, 0.3) is 0 Å². The normalized spacial score (nSPS) is 12.0. The van der Waals surface area contributed by atoms with Gasteiger partial charge in [0.05, 0.1) is 11.8 Å². The Morgan fingerprint density at radius 1 is 1.10 bits per heavy atom. The van der Waals surface area contributed by atoms with Gasteiger partial charge in [0, 0.05) is 32.6 Å². The Hall–Kier alpha value is -1.87. The summed E-state index contributed by atoms with van der Waals surface area (Å²) in [6, 6.07) is 11.6. The minimum Gasteiger partial charge on any atom is -0.391 e. The molecular weight excluding hydrogens is 482 g/mol. The lowest BCUT2D eigenvalue weighted by Gasteiger charge is -2.07. The van der Waals surface area contributed by atoms with Crippen LogP contribution in [0, 0.1) is 0 Å². The molecule has 0 atom stereocenters. The number of nitrogens with zero attached hydrogens (tertiary/aromatic N) is 3. The molecule has 0 aliphatic heterocycles. The maximum absolute atomic E-state index is 13.5. The summed E-state index contributed by atoms with van der Waals surface area (Å²) < 4.78 is 41.6. The SMILES string of the molecule is Cn1nc(C(F)(F)F)c(/C=N\OCc2c(Cl)cccc2Cl)c1Sc1ccc(Cl)cc1. The monoisotopic (exact) mass is 493 g/mol. The van der Waals surface area contributed by atoms with E-state index in [-0.39, 0.29) is 17.2 Å². The molecule has 0 radical (unpaired) electrons. The van der Waals surface area contributed by atoms with Crippen molar-refractivity contribution >= 4 is 52.8 Å². The van der Waals surface area contributed by atoms with E-state index < -0.39 is 11.9 Å². The molecule has 4 nitrogen and oxygen atoms in total. The van der Waals surface area contributed by atoms with Gasteiger partial charge < -0.3 is 4.84 Å². The Morgan fingerprint density at radius 3 is 2.33 bits per heavy atom. The van der Waals surface area contributed by atoms with Crippen molar-refractivity contribution in [1.82, 2.24) is 9.78 Å². The fourth-order valence-corrected chi connectivity index (χ4v) is 4.01. The minimum absolute atomic E-state index is 0.101. The average Bonchev–Trinajstić information content (AvgIpc) is 2.98. The van der Waals surface area contributed by atoms with E-state index in [1.807, 2.05) is 0 Å². The maximum atomic E-state index is 13.5. The first-order valence-corrected chi connectivity index (χ1v) is 10.3. The first-order chi connectivity index (χ1) is 14.2. The number of benzene rings is 2. The van der Waals surface area contributed by atoms with Gasteiger partial charge in [0.1, 0.15) is 11.6 Å². The van der Waals surface area contributed by atoms with Crippen molar-refractivity contribution in [2.75, 3.05) is 0 Å². The number of hydrogen-bond acceptors (Lipinski definition) is 4. The second-order valence-corrected chi connectivity index (χ2v) is 8.27. The summed E-state index contributed by atoms with van der Waals surface area (Å²) >= 11 is 19.1. The van der Waals surface area contributed by atoms with Crippen LogP contribution in [0.4, 0.5) is 13.2 Å². The molecule has 0 unspecified atom stereocenters. The third-order valence-electron chi connectivity index (χ3n) is 3.85. The highest BCUT2D eigenvalue weighted by Crippen LogP contribution is 2.37. The van der Waals surface area contributed by atoms with Crippen LogP contribution in [0.1, 0.15) is 16.8 Å². The highest BCUT2D eigenvalue weighted by atomic mass is 35.5. The first kappa shape index (κ1) is 22.8. The molecule has 0 amide bonds. The van der Waals surface area contributed by atoms with E-state index in [1.54, 1.807) is 42.5 Å². The van der Waals surface area contributed by atoms with Gasteiger partial charge in [-0.3, -0.25) is 4.68 Å². The van der Waals surface area contributed by atoms with Gasteiger partial charge in [-0.1, -0.05) is 57.8 Å². The molecule has 2 aromatic carbocycles. The van der Waals surface area contributed by atoms with Crippen LogP contribution in [-0.4, -0.2) is 16.0 Å². The maximum Gasteiger partial charge on any atom is 0.435 e. The first-order valence-electron chi connectivity index (χ1n) is 8.32. The van der Waals surface area contributed by atoms with Crippen molar-refractivity contribution in [1.29, 1.82) is 0 Å². The molecule has 3 aromatic rings. The molecule has 158 valence electrons. The average molecular weight is 495 g/mol. The molecule has 0 bridgehead atoms. The molecule has 0 spiro atoms. The predicted octanol–water partition coefficient (Wildman–Crippen LogP) is 7.10. The zero-order chi connectivity index (χ0) is 21.9. The molecule has 0 fully saturated rings. The van der Waals surface area contributed by atoms with E-state index in [0.29, 0.717) is 25.5 Å². The molecule has 1 aromatic heterocycles. The summed E-state index contributed by atoms with van der Waals surface area (Å²) in [7, 11) is 1.43. The van der Waals surface area contributed by atoms with Crippen molar-refractivity contribution in [2.45, 2.75) is 22.7 Å². The van der Waals surface area contributed by atoms with E-state index in [1.165, 1.54) is 7.05 Å². The summed E-state index contributed by atoms with van der Waals surface area (Å²) in [6.45, 7) is -0.101. The van der Waals surface area contributed by atoms with Gasteiger partial charge in [-0.05, 0) is 36.4 Å². The number of halogens is 6. The van der Waals surface area contributed by atoms with Gasteiger partial charge >= 0.3 is 6.18 Å². The van der Waals surface area contributed by atoms with Crippen molar-refractivity contribution < 1.29 is 18.0 Å². The number of aromatic nitrogens is 2. The molecular formula is C19H13Cl3F3N3OS. The topological polar surface area (TPSA) is 39.4 Å². The Morgan fingerprint density at radius 2 is 1.73 bits per heavy atom. The quantitative estimate of drug-likeness (QED) is 0.271. The summed E-state index contributed by atoms with van der Waals surface area (Å²) in [5.74, 6) is 0. The van der Waals surface area contributed by atoms with Crippen LogP contribution < -0.4 is 0 Å². The zero-order valence-corrected chi connectivity index (χ0v) is 18.3. The lowest BCUT2D eigenvalue weighted by molar-refractivity contribution is -0.141. The van der Waals surface area contributed by atoms with Gasteiger partial charge in [0.15, 0.2) is 5.69 Å². The molecule has 0 aliphatic rings. The molecule has 0 saturated carbocycles. The second kappa shape index (κ2) is 9.51. The standard InChI is InChI=1S/C19H13Cl3F3N3OS/c1-28-18(30-12-7-5-11(20)6-8-12)13(17(27-28)19(23,24)25)9-26-29-10-14-15(21)3-2-4-16(14)22/h2-9H,10H2,1H3/b26-9-. The largest absolute Gasteiger partial charge is 0.435 e.